The van der Waals surface area contributed by atoms with E-state index in [4.69, 9.17) is 11.5 Å². The number of aromatic nitrogens is 2. The molecule has 0 fully saturated rings. The van der Waals surface area contributed by atoms with E-state index >= 15 is 0 Å². The first-order valence-corrected chi connectivity index (χ1v) is 19.7. The number of aliphatic hydroxyl groups excluding tert-OH is 3. The van der Waals surface area contributed by atoms with Crippen LogP contribution in [-0.2, 0) is 49.6 Å². The van der Waals surface area contributed by atoms with Gasteiger partial charge in [0, 0.05) is 24.7 Å². The highest BCUT2D eigenvalue weighted by atomic mass is 16.4. The number of aliphatic hydroxyl groups is 3. The van der Waals surface area contributed by atoms with Crippen LogP contribution in [0.15, 0.2) is 12.5 Å². The number of imidazole rings is 1. The molecule has 1 aromatic rings. The molecule has 0 saturated carbocycles. The average Bonchev–Trinajstić information content (AvgIpc) is 3.69. The number of carboxylic acids is 1. The molecule has 0 aliphatic rings. The van der Waals surface area contributed by atoms with Gasteiger partial charge in [-0.15, -0.1) is 0 Å². The van der Waals surface area contributed by atoms with Gasteiger partial charge < -0.3 is 74.1 Å². The summed E-state index contributed by atoms with van der Waals surface area (Å²) in [4.78, 5) is 123. The quantitative estimate of drug-likeness (QED) is 0.0393. The van der Waals surface area contributed by atoms with Crippen molar-refractivity contribution in [2.24, 2.45) is 29.2 Å². The summed E-state index contributed by atoms with van der Waals surface area (Å²) >= 11 is 0. The first kappa shape index (κ1) is 53.3. The van der Waals surface area contributed by atoms with E-state index in [-0.39, 0.29) is 24.7 Å². The van der Waals surface area contributed by atoms with Crippen molar-refractivity contribution in [2.45, 2.75) is 129 Å². The van der Waals surface area contributed by atoms with E-state index in [2.05, 4.69) is 47.2 Å². The van der Waals surface area contributed by atoms with E-state index in [0.717, 1.165) is 6.92 Å². The van der Waals surface area contributed by atoms with Gasteiger partial charge in [0.1, 0.15) is 36.3 Å². The summed E-state index contributed by atoms with van der Waals surface area (Å²) in [6.07, 6.45) is 0.259. The predicted molar refractivity (Wildman–Crippen MR) is 215 cm³/mol. The Labute approximate surface area is 352 Å². The van der Waals surface area contributed by atoms with Gasteiger partial charge in [0.25, 0.3) is 0 Å². The van der Waals surface area contributed by atoms with Crippen LogP contribution >= 0.6 is 0 Å². The lowest BCUT2D eigenvalue weighted by atomic mass is 9.99. The summed E-state index contributed by atoms with van der Waals surface area (Å²) in [6, 6.07) is -11.8. The van der Waals surface area contributed by atoms with E-state index in [9.17, 15) is 63.6 Å². The van der Waals surface area contributed by atoms with Crippen molar-refractivity contribution < 1.29 is 63.6 Å². The number of carboxylic acid groups (broad SMARTS) is 1. The Hall–Kier alpha value is -5.72. The number of H-pyrrole nitrogens is 1. The maximum atomic E-state index is 13.5. The van der Waals surface area contributed by atoms with Crippen LogP contribution in [0.2, 0.25) is 0 Å². The van der Waals surface area contributed by atoms with Crippen molar-refractivity contribution in [3.05, 3.63) is 18.2 Å². The Kier molecular flexibility index (Phi) is 22.5. The van der Waals surface area contributed by atoms with E-state index in [1.54, 1.807) is 41.5 Å². The van der Waals surface area contributed by atoms with Crippen LogP contribution in [0.25, 0.3) is 0 Å². The number of aliphatic carboxylic acids is 1. The molecular weight excluding hydrogens is 806 g/mol. The second-order valence-corrected chi connectivity index (χ2v) is 15.7. The first-order valence-electron chi connectivity index (χ1n) is 19.7. The van der Waals surface area contributed by atoms with Gasteiger partial charge in [-0.1, -0.05) is 41.5 Å². The zero-order valence-electron chi connectivity index (χ0n) is 35.4. The van der Waals surface area contributed by atoms with E-state index in [1.807, 2.05) is 0 Å². The largest absolute Gasteiger partial charge is 0.480 e. The minimum atomic E-state index is -1.76. The van der Waals surface area contributed by atoms with E-state index < -0.39 is 140 Å². The fourth-order valence-corrected chi connectivity index (χ4v) is 5.55. The first-order chi connectivity index (χ1) is 28.4. The highest BCUT2D eigenvalue weighted by Gasteiger charge is 2.36. The number of nitrogens with zero attached hydrogens (tertiary/aromatic N) is 1. The summed E-state index contributed by atoms with van der Waals surface area (Å²) in [7, 11) is 0. The SMILES string of the molecule is CC(C)C[C@H](NC(=O)[C@@H](NC(=O)[C@H](CO)NC(=O)[C@H](CCC(N)=O)NC(=O)[C@H](CO)NC(=O)[C@H](Cc1cnc[nH]1)NC(=O)[C@@H](N)C(C)C)C(C)C)C(=O)N[C@H](C(=O)O)[C@@H](C)O. The van der Waals surface area contributed by atoms with Crippen LogP contribution in [0.5, 0.6) is 0 Å². The van der Waals surface area contributed by atoms with E-state index in [1.165, 1.54) is 12.5 Å². The second-order valence-electron chi connectivity index (χ2n) is 15.7. The van der Waals surface area contributed by atoms with Crippen LogP contribution in [0.3, 0.4) is 0 Å². The smallest absolute Gasteiger partial charge is 0.328 e. The molecule has 0 aromatic carbocycles. The maximum Gasteiger partial charge on any atom is 0.328 e. The number of primary amides is 1. The molecule has 24 nitrogen and oxygen atoms in total. The normalized spacial score (nSPS) is 15.8. The van der Waals surface area contributed by atoms with Gasteiger partial charge in [0.05, 0.1) is 31.7 Å². The Morgan fingerprint density at radius 1 is 0.639 bits per heavy atom. The number of carbonyl (C=O) groups is 9. The molecular formula is C37H63N11O13. The molecule has 9 atom stereocenters. The van der Waals surface area contributed by atoms with Gasteiger partial charge in [0.15, 0.2) is 6.04 Å². The van der Waals surface area contributed by atoms with Gasteiger partial charge in [-0.2, -0.15) is 0 Å². The van der Waals surface area contributed by atoms with Crippen molar-refractivity contribution in [1.29, 1.82) is 0 Å². The van der Waals surface area contributed by atoms with Crippen LogP contribution in [0.1, 0.15) is 73.4 Å². The number of hydrogen-bond acceptors (Lipinski definition) is 14. The van der Waals surface area contributed by atoms with Gasteiger partial charge in [0.2, 0.25) is 47.3 Å². The molecule has 16 N–H and O–H groups in total. The molecule has 1 heterocycles. The van der Waals surface area contributed by atoms with Crippen molar-refractivity contribution in [3.63, 3.8) is 0 Å². The lowest BCUT2D eigenvalue weighted by Gasteiger charge is -2.29. The fraction of sp³-hybridized carbons (Fsp3) is 0.676. The third-order valence-corrected chi connectivity index (χ3v) is 9.21. The molecule has 0 bridgehead atoms. The number of nitrogens with two attached hydrogens (primary N) is 2. The highest BCUT2D eigenvalue weighted by molar-refractivity contribution is 5.98. The molecule has 0 aliphatic heterocycles. The molecule has 0 unspecified atom stereocenters. The van der Waals surface area contributed by atoms with Gasteiger partial charge in [-0.3, -0.25) is 38.4 Å². The molecule has 0 saturated heterocycles. The molecule has 0 spiro atoms. The monoisotopic (exact) mass is 869 g/mol. The minimum Gasteiger partial charge on any atom is -0.480 e. The molecule has 0 aliphatic carbocycles. The molecule has 344 valence electrons. The van der Waals surface area contributed by atoms with E-state index in [0.29, 0.717) is 5.69 Å². The van der Waals surface area contributed by atoms with Gasteiger partial charge >= 0.3 is 5.97 Å². The number of amides is 8. The summed E-state index contributed by atoms with van der Waals surface area (Å²) < 4.78 is 0. The number of hydrogen-bond donors (Lipinski definition) is 14. The zero-order valence-corrected chi connectivity index (χ0v) is 35.4. The summed E-state index contributed by atoms with van der Waals surface area (Å²) in [5.41, 5.74) is 11.6. The fourth-order valence-electron chi connectivity index (χ4n) is 5.55. The van der Waals surface area contributed by atoms with Gasteiger partial charge in [-0.25, -0.2) is 9.78 Å². The third kappa shape index (κ3) is 18.2. The number of aromatic amines is 1. The Balaban J connectivity index is 3.22. The Bertz CT molecular complexity index is 1660. The number of carbonyl (C=O) groups excluding carboxylic acids is 8. The molecule has 24 heteroatoms. The third-order valence-electron chi connectivity index (χ3n) is 9.21. The Morgan fingerprint density at radius 3 is 1.54 bits per heavy atom. The van der Waals surface area contributed by atoms with Crippen LogP contribution in [0, 0.1) is 17.8 Å². The standard InChI is InChI=1S/C37H63N11O13/c1-16(2)10-22(32(55)48-29(19(7)51)37(60)61)44-36(59)28(18(5)6)47-34(57)25(14-50)45-30(53)21(8-9-26(38)52)42-33(56)24(13-49)46-31(54)23(11-20-12-40-15-41-20)43-35(58)27(39)17(3)4/h12,15-19,21-25,27-29,49-51H,8-11,13-14,39H2,1-7H3,(H2,38,52)(H,40,41)(H,42,56)(H,43,58)(H,44,59)(H,45,53)(H,46,54)(H,47,57)(H,48,55)(H,60,61)/t19-,21+,22+,23+,24+,25+,27+,28+,29+/m1/s1. The molecule has 1 rings (SSSR count). The van der Waals surface area contributed by atoms with Crippen molar-refractivity contribution in [3.8, 4) is 0 Å². The Morgan fingerprint density at radius 2 is 1.10 bits per heavy atom. The summed E-state index contributed by atoms with van der Waals surface area (Å²) in [5.74, 6) is -10.3. The predicted octanol–water partition coefficient (Wildman–Crippen LogP) is -5.25. The lowest BCUT2D eigenvalue weighted by molar-refractivity contribution is -0.145. The molecule has 61 heavy (non-hydrogen) atoms. The van der Waals surface area contributed by atoms with Crippen LogP contribution < -0.4 is 48.7 Å². The highest BCUT2D eigenvalue weighted by Crippen LogP contribution is 2.10. The van der Waals surface area contributed by atoms with Crippen LogP contribution in [0.4, 0.5) is 0 Å². The van der Waals surface area contributed by atoms with Crippen molar-refractivity contribution >= 4 is 53.2 Å². The maximum absolute atomic E-state index is 13.5. The zero-order chi connectivity index (χ0) is 46.7. The van der Waals surface area contributed by atoms with Crippen molar-refractivity contribution in [2.75, 3.05) is 13.2 Å². The summed E-state index contributed by atoms with van der Waals surface area (Å²) in [5, 5.41) is 55.8. The topological polar surface area (TPSA) is 399 Å². The molecule has 0 radical (unpaired) electrons. The van der Waals surface area contributed by atoms with Crippen LogP contribution in [-0.4, -0.2) is 151 Å². The molecule has 1 aromatic heterocycles. The number of rotatable bonds is 27. The molecule has 8 amide bonds. The average molecular weight is 870 g/mol. The van der Waals surface area contributed by atoms with Gasteiger partial charge in [-0.05, 0) is 37.5 Å². The lowest BCUT2D eigenvalue weighted by Crippen LogP contribution is -2.62. The van der Waals surface area contributed by atoms with Crippen molar-refractivity contribution in [1.82, 2.24) is 47.2 Å². The number of nitrogens with one attached hydrogen (secondary N) is 8. The summed E-state index contributed by atoms with van der Waals surface area (Å²) in [6.45, 7) is 9.07. The second kappa shape index (κ2) is 25.8. The minimum absolute atomic E-state index is 0.0341.